The molecule has 0 radical (unpaired) electrons. The second-order valence-corrected chi connectivity index (χ2v) is 3.25. The summed E-state index contributed by atoms with van der Waals surface area (Å²) in [5.74, 6) is -2.55. The largest absolute Gasteiger partial charge is 0.478 e. The van der Waals surface area contributed by atoms with E-state index >= 15 is 0 Å². The van der Waals surface area contributed by atoms with E-state index in [-0.39, 0.29) is 16.8 Å². The summed E-state index contributed by atoms with van der Waals surface area (Å²) in [6.07, 6.45) is 0. The van der Waals surface area contributed by atoms with Crippen molar-refractivity contribution < 1.29 is 19.8 Å². The average Bonchev–Trinajstić information content (AvgIpc) is 2.12. The molecule has 1 rings (SSSR count). The molecule has 1 aromatic rings. The van der Waals surface area contributed by atoms with Gasteiger partial charge in [0.2, 0.25) is 0 Å². The van der Waals surface area contributed by atoms with Gasteiger partial charge in [0, 0.05) is 5.69 Å². The number of rotatable bonds is 2. The molecule has 80 valence electrons. The van der Waals surface area contributed by atoms with Gasteiger partial charge in [-0.15, -0.1) is 0 Å². The van der Waals surface area contributed by atoms with Crippen LogP contribution in [0.1, 0.15) is 31.8 Å². The SMILES string of the molecule is Cc1c(N)cc(C(=O)O)c(C(=O)O)c1C. The van der Waals surface area contributed by atoms with E-state index in [0.717, 1.165) is 0 Å². The first-order valence-corrected chi connectivity index (χ1v) is 4.22. The van der Waals surface area contributed by atoms with Gasteiger partial charge in [-0.2, -0.15) is 0 Å². The van der Waals surface area contributed by atoms with Gasteiger partial charge in [0.15, 0.2) is 0 Å². The third kappa shape index (κ3) is 1.76. The number of nitrogen functional groups attached to an aromatic ring is 1. The highest BCUT2D eigenvalue weighted by molar-refractivity contribution is 6.04. The molecule has 5 heteroatoms. The highest BCUT2D eigenvalue weighted by atomic mass is 16.4. The van der Waals surface area contributed by atoms with Crippen molar-refractivity contribution >= 4 is 17.6 Å². The fourth-order valence-electron chi connectivity index (χ4n) is 1.39. The highest BCUT2D eigenvalue weighted by Gasteiger charge is 2.21. The van der Waals surface area contributed by atoms with Crippen LogP contribution in [-0.2, 0) is 0 Å². The van der Waals surface area contributed by atoms with E-state index in [9.17, 15) is 9.59 Å². The minimum Gasteiger partial charge on any atom is -0.478 e. The summed E-state index contributed by atoms with van der Waals surface area (Å²) in [5.41, 5.74) is 6.37. The molecule has 5 nitrogen and oxygen atoms in total. The minimum absolute atomic E-state index is 0.200. The van der Waals surface area contributed by atoms with Crippen LogP contribution >= 0.6 is 0 Å². The Morgan fingerprint density at radius 1 is 1.13 bits per heavy atom. The molecule has 0 spiro atoms. The van der Waals surface area contributed by atoms with Crippen LogP contribution in [0.25, 0.3) is 0 Å². The molecule has 4 N–H and O–H groups in total. The van der Waals surface area contributed by atoms with E-state index in [1.54, 1.807) is 13.8 Å². The van der Waals surface area contributed by atoms with Crippen LogP contribution in [-0.4, -0.2) is 22.2 Å². The number of hydrogen-bond donors (Lipinski definition) is 3. The Hall–Kier alpha value is -2.04. The van der Waals surface area contributed by atoms with Crippen molar-refractivity contribution in [2.45, 2.75) is 13.8 Å². The number of carbonyl (C=O) groups is 2. The Morgan fingerprint density at radius 2 is 1.67 bits per heavy atom. The average molecular weight is 209 g/mol. The number of carboxylic acids is 2. The molecule has 0 unspecified atom stereocenters. The van der Waals surface area contributed by atoms with Crippen molar-refractivity contribution in [3.05, 3.63) is 28.3 Å². The van der Waals surface area contributed by atoms with E-state index < -0.39 is 11.9 Å². The first kappa shape index (κ1) is 11.0. The van der Waals surface area contributed by atoms with E-state index in [4.69, 9.17) is 15.9 Å². The summed E-state index contributed by atoms with van der Waals surface area (Å²) in [6.45, 7) is 3.20. The van der Waals surface area contributed by atoms with Crippen molar-refractivity contribution in [3.8, 4) is 0 Å². The number of anilines is 1. The predicted molar refractivity (Wildman–Crippen MR) is 54.2 cm³/mol. The van der Waals surface area contributed by atoms with Gasteiger partial charge in [-0.1, -0.05) is 0 Å². The molecular formula is C10H11NO4. The molecule has 0 aliphatic carbocycles. The van der Waals surface area contributed by atoms with E-state index in [0.29, 0.717) is 11.1 Å². The number of benzene rings is 1. The maximum absolute atomic E-state index is 10.9. The van der Waals surface area contributed by atoms with Gasteiger partial charge in [0.05, 0.1) is 11.1 Å². The van der Waals surface area contributed by atoms with E-state index in [1.165, 1.54) is 6.07 Å². The molecule has 0 saturated carbocycles. The van der Waals surface area contributed by atoms with Crippen LogP contribution in [0, 0.1) is 13.8 Å². The monoisotopic (exact) mass is 209 g/mol. The van der Waals surface area contributed by atoms with Gasteiger partial charge in [-0.05, 0) is 31.0 Å². The molecule has 15 heavy (non-hydrogen) atoms. The summed E-state index contributed by atoms with van der Waals surface area (Å²) >= 11 is 0. The van der Waals surface area contributed by atoms with Crippen LogP contribution < -0.4 is 5.73 Å². The Bertz CT molecular complexity index is 451. The van der Waals surface area contributed by atoms with Crippen molar-refractivity contribution in [2.75, 3.05) is 5.73 Å². The fraction of sp³-hybridized carbons (Fsp3) is 0.200. The normalized spacial score (nSPS) is 10.0. The van der Waals surface area contributed by atoms with Gasteiger partial charge in [0.1, 0.15) is 0 Å². The van der Waals surface area contributed by atoms with Gasteiger partial charge < -0.3 is 15.9 Å². The molecule has 1 aromatic carbocycles. The maximum atomic E-state index is 10.9. The highest BCUT2D eigenvalue weighted by Crippen LogP contribution is 2.24. The maximum Gasteiger partial charge on any atom is 0.336 e. The zero-order valence-corrected chi connectivity index (χ0v) is 8.37. The standard InChI is InChI=1S/C10H11NO4/c1-4-5(2)8(10(14)15)6(9(12)13)3-7(4)11/h3H,11H2,1-2H3,(H,12,13)(H,14,15). The summed E-state index contributed by atoms with van der Waals surface area (Å²) in [5, 5.41) is 17.7. The number of carboxylic acid groups (broad SMARTS) is 2. The van der Waals surface area contributed by atoms with Gasteiger partial charge >= 0.3 is 11.9 Å². The molecule has 0 atom stereocenters. The molecule has 0 fully saturated rings. The number of nitrogens with two attached hydrogens (primary N) is 1. The van der Waals surface area contributed by atoms with Crippen LogP contribution in [0.15, 0.2) is 6.07 Å². The lowest BCUT2D eigenvalue weighted by Gasteiger charge is -2.11. The van der Waals surface area contributed by atoms with Crippen LogP contribution in [0.2, 0.25) is 0 Å². The summed E-state index contributed by atoms with van der Waals surface area (Å²) in [4.78, 5) is 21.7. The smallest absolute Gasteiger partial charge is 0.336 e. The molecule has 0 heterocycles. The molecular weight excluding hydrogens is 198 g/mol. The second kappa shape index (κ2) is 3.61. The molecule has 0 aliphatic heterocycles. The number of hydrogen-bond acceptors (Lipinski definition) is 3. The minimum atomic E-state index is -1.29. The molecule has 0 aromatic heterocycles. The Morgan fingerprint density at radius 3 is 2.07 bits per heavy atom. The molecule has 0 amide bonds. The van der Waals surface area contributed by atoms with Crippen LogP contribution in [0.4, 0.5) is 5.69 Å². The summed E-state index contributed by atoms with van der Waals surface area (Å²) in [6, 6.07) is 1.17. The topological polar surface area (TPSA) is 101 Å². The second-order valence-electron chi connectivity index (χ2n) is 3.25. The van der Waals surface area contributed by atoms with Crippen LogP contribution in [0.3, 0.4) is 0 Å². The third-order valence-electron chi connectivity index (χ3n) is 2.38. The lowest BCUT2D eigenvalue weighted by atomic mass is 9.96. The lowest BCUT2D eigenvalue weighted by molar-refractivity contribution is 0.0651. The number of aromatic carboxylic acids is 2. The van der Waals surface area contributed by atoms with Crippen LogP contribution in [0.5, 0.6) is 0 Å². The molecule has 0 bridgehead atoms. The third-order valence-corrected chi connectivity index (χ3v) is 2.38. The first-order chi connectivity index (χ1) is 6.86. The van der Waals surface area contributed by atoms with Crippen molar-refractivity contribution in [1.29, 1.82) is 0 Å². The molecule has 0 saturated heterocycles. The fourth-order valence-corrected chi connectivity index (χ4v) is 1.39. The summed E-state index contributed by atoms with van der Waals surface area (Å²) in [7, 11) is 0. The van der Waals surface area contributed by atoms with Crippen molar-refractivity contribution in [2.24, 2.45) is 0 Å². The first-order valence-electron chi connectivity index (χ1n) is 4.22. The summed E-state index contributed by atoms with van der Waals surface area (Å²) < 4.78 is 0. The van der Waals surface area contributed by atoms with Crippen molar-refractivity contribution in [3.63, 3.8) is 0 Å². The zero-order chi connectivity index (χ0) is 11.7. The van der Waals surface area contributed by atoms with E-state index in [2.05, 4.69) is 0 Å². The van der Waals surface area contributed by atoms with Crippen molar-refractivity contribution in [1.82, 2.24) is 0 Å². The van der Waals surface area contributed by atoms with Gasteiger partial charge in [0.25, 0.3) is 0 Å². The van der Waals surface area contributed by atoms with Gasteiger partial charge in [-0.3, -0.25) is 0 Å². The zero-order valence-electron chi connectivity index (χ0n) is 8.37. The van der Waals surface area contributed by atoms with E-state index in [1.807, 2.05) is 0 Å². The Kier molecular flexibility index (Phi) is 2.65. The van der Waals surface area contributed by atoms with Gasteiger partial charge in [-0.25, -0.2) is 9.59 Å². The molecule has 0 aliphatic rings. The lowest BCUT2D eigenvalue weighted by Crippen LogP contribution is -2.12. The quantitative estimate of drug-likeness (QED) is 0.637. The Labute approximate surface area is 86.1 Å². The predicted octanol–water partition coefficient (Wildman–Crippen LogP) is 1.28. The Balaban J connectivity index is 3.65.